The summed E-state index contributed by atoms with van der Waals surface area (Å²) >= 11 is 0. The molecule has 3 N–H and O–H groups in total. The lowest BCUT2D eigenvalue weighted by Gasteiger charge is -2.23. The lowest BCUT2D eigenvalue weighted by Crippen LogP contribution is -2.45. The van der Waals surface area contributed by atoms with Crippen molar-refractivity contribution in [3.8, 4) is 5.75 Å². The van der Waals surface area contributed by atoms with E-state index in [0.717, 1.165) is 37.7 Å². The van der Waals surface area contributed by atoms with E-state index in [1.165, 1.54) is 12.1 Å². The SMILES string of the molecule is O=C(NC(Cc1ccc(O)cc1)C(=O)O)C1CCCCC1. The fourth-order valence-electron chi connectivity index (χ4n) is 2.72. The molecule has 0 aromatic heterocycles. The normalized spacial score (nSPS) is 17.1. The second-order valence-electron chi connectivity index (χ2n) is 5.60. The third-order valence-electron chi connectivity index (χ3n) is 3.97. The van der Waals surface area contributed by atoms with E-state index in [2.05, 4.69) is 5.32 Å². The largest absolute Gasteiger partial charge is 0.508 e. The van der Waals surface area contributed by atoms with Gasteiger partial charge in [-0.15, -0.1) is 0 Å². The van der Waals surface area contributed by atoms with Crippen molar-refractivity contribution in [1.82, 2.24) is 5.32 Å². The van der Waals surface area contributed by atoms with Crippen molar-refractivity contribution in [2.45, 2.75) is 44.6 Å². The average molecular weight is 291 g/mol. The number of phenolic OH excluding ortho intramolecular Hbond substituents is 1. The zero-order chi connectivity index (χ0) is 15.2. The van der Waals surface area contributed by atoms with Crippen LogP contribution in [-0.4, -0.2) is 28.1 Å². The molecule has 5 nitrogen and oxygen atoms in total. The first-order valence-corrected chi connectivity index (χ1v) is 7.37. The molecule has 1 amide bonds. The molecule has 1 fully saturated rings. The molecule has 1 aliphatic carbocycles. The highest BCUT2D eigenvalue weighted by Gasteiger charge is 2.26. The summed E-state index contributed by atoms with van der Waals surface area (Å²) < 4.78 is 0. The van der Waals surface area contributed by atoms with Crippen LogP contribution in [0.4, 0.5) is 0 Å². The van der Waals surface area contributed by atoms with Gasteiger partial charge in [0.25, 0.3) is 0 Å². The van der Waals surface area contributed by atoms with Gasteiger partial charge in [-0.25, -0.2) is 4.79 Å². The summed E-state index contributed by atoms with van der Waals surface area (Å²) in [4.78, 5) is 23.5. The maximum atomic E-state index is 12.1. The number of carboxylic acids is 1. The summed E-state index contributed by atoms with van der Waals surface area (Å²) in [5.74, 6) is -1.11. The van der Waals surface area contributed by atoms with Crippen LogP contribution in [-0.2, 0) is 16.0 Å². The highest BCUT2D eigenvalue weighted by molar-refractivity contribution is 5.85. The number of rotatable bonds is 5. The number of nitrogens with one attached hydrogen (secondary N) is 1. The maximum Gasteiger partial charge on any atom is 0.326 e. The molecule has 0 spiro atoms. The van der Waals surface area contributed by atoms with Gasteiger partial charge in [-0.1, -0.05) is 31.4 Å². The number of phenols is 1. The summed E-state index contributed by atoms with van der Waals surface area (Å²) in [5.41, 5.74) is 0.768. The van der Waals surface area contributed by atoms with Crippen molar-refractivity contribution in [2.75, 3.05) is 0 Å². The predicted octanol–water partition coefficient (Wildman–Crippen LogP) is 2.08. The van der Waals surface area contributed by atoms with Crippen LogP contribution in [0.15, 0.2) is 24.3 Å². The number of hydrogen-bond donors (Lipinski definition) is 3. The van der Waals surface area contributed by atoms with E-state index >= 15 is 0 Å². The third kappa shape index (κ3) is 4.48. The Morgan fingerprint density at radius 1 is 1.14 bits per heavy atom. The van der Waals surface area contributed by atoms with Crippen LogP contribution in [0.5, 0.6) is 5.75 Å². The van der Waals surface area contributed by atoms with Gasteiger partial charge in [-0.3, -0.25) is 4.79 Å². The quantitative estimate of drug-likeness (QED) is 0.775. The van der Waals surface area contributed by atoms with Gasteiger partial charge in [0.1, 0.15) is 11.8 Å². The zero-order valence-electron chi connectivity index (χ0n) is 11.9. The van der Waals surface area contributed by atoms with Gasteiger partial charge in [0, 0.05) is 12.3 Å². The Morgan fingerprint density at radius 2 is 1.76 bits per heavy atom. The highest BCUT2D eigenvalue weighted by Crippen LogP contribution is 2.24. The Hall–Kier alpha value is -2.04. The Kier molecular flexibility index (Phi) is 5.20. The summed E-state index contributed by atoms with van der Waals surface area (Å²) in [6.45, 7) is 0. The predicted molar refractivity (Wildman–Crippen MR) is 78.0 cm³/mol. The van der Waals surface area contributed by atoms with Gasteiger partial charge in [-0.05, 0) is 30.5 Å². The summed E-state index contributed by atoms with van der Waals surface area (Å²) in [6.07, 6.45) is 5.13. The molecule has 0 heterocycles. The second kappa shape index (κ2) is 7.11. The molecule has 114 valence electrons. The Morgan fingerprint density at radius 3 is 2.33 bits per heavy atom. The lowest BCUT2D eigenvalue weighted by atomic mass is 9.88. The first-order chi connectivity index (χ1) is 10.1. The van der Waals surface area contributed by atoms with Crippen LogP contribution in [0.2, 0.25) is 0 Å². The van der Waals surface area contributed by atoms with Crippen LogP contribution >= 0.6 is 0 Å². The van der Waals surface area contributed by atoms with Gasteiger partial charge >= 0.3 is 5.97 Å². The van der Waals surface area contributed by atoms with E-state index in [1.54, 1.807) is 12.1 Å². The molecule has 1 aromatic rings. The molecule has 2 rings (SSSR count). The lowest BCUT2D eigenvalue weighted by molar-refractivity contribution is -0.142. The van der Waals surface area contributed by atoms with Crippen molar-refractivity contribution in [3.05, 3.63) is 29.8 Å². The molecule has 1 unspecified atom stereocenters. The third-order valence-corrected chi connectivity index (χ3v) is 3.97. The first-order valence-electron chi connectivity index (χ1n) is 7.37. The van der Waals surface area contributed by atoms with E-state index in [9.17, 15) is 19.8 Å². The Bertz CT molecular complexity index is 492. The minimum atomic E-state index is -1.03. The molecule has 0 saturated heterocycles. The van der Waals surface area contributed by atoms with E-state index < -0.39 is 12.0 Å². The number of carbonyl (C=O) groups is 2. The number of carbonyl (C=O) groups excluding carboxylic acids is 1. The van der Waals surface area contributed by atoms with Crippen molar-refractivity contribution in [3.63, 3.8) is 0 Å². The van der Waals surface area contributed by atoms with Gasteiger partial charge in [0.15, 0.2) is 0 Å². The van der Waals surface area contributed by atoms with Crippen LogP contribution in [0.1, 0.15) is 37.7 Å². The maximum absolute atomic E-state index is 12.1. The van der Waals surface area contributed by atoms with Crippen LogP contribution < -0.4 is 5.32 Å². The molecular weight excluding hydrogens is 270 g/mol. The first kappa shape index (κ1) is 15.4. The molecule has 0 bridgehead atoms. The average Bonchev–Trinajstić information content (AvgIpc) is 2.49. The summed E-state index contributed by atoms with van der Waals surface area (Å²) in [5, 5.41) is 21.2. The molecular formula is C16H21NO4. The van der Waals surface area contributed by atoms with Crippen molar-refractivity contribution < 1.29 is 19.8 Å². The van der Waals surface area contributed by atoms with Gasteiger partial charge in [0.05, 0.1) is 0 Å². The fraction of sp³-hybridized carbons (Fsp3) is 0.500. The van der Waals surface area contributed by atoms with Crippen LogP contribution in [0, 0.1) is 5.92 Å². The van der Waals surface area contributed by atoms with E-state index in [-0.39, 0.29) is 24.0 Å². The molecule has 21 heavy (non-hydrogen) atoms. The number of amides is 1. The van der Waals surface area contributed by atoms with Crippen LogP contribution in [0.25, 0.3) is 0 Å². The fourth-order valence-corrected chi connectivity index (χ4v) is 2.72. The molecule has 1 atom stereocenters. The number of aromatic hydroxyl groups is 1. The van der Waals surface area contributed by atoms with E-state index in [1.807, 2.05) is 0 Å². The van der Waals surface area contributed by atoms with E-state index in [0.29, 0.717) is 0 Å². The van der Waals surface area contributed by atoms with Gasteiger partial charge in [0.2, 0.25) is 5.91 Å². The molecule has 1 aliphatic rings. The standard InChI is InChI=1S/C16H21NO4/c18-13-8-6-11(7-9-13)10-14(16(20)21)17-15(19)12-4-2-1-3-5-12/h6-9,12,14,18H,1-5,10H2,(H,17,19)(H,20,21). The minimum absolute atomic E-state index is 0.0552. The molecule has 1 aromatic carbocycles. The minimum Gasteiger partial charge on any atom is -0.508 e. The smallest absolute Gasteiger partial charge is 0.326 e. The van der Waals surface area contributed by atoms with Gasteiger partial charge < -0.3 is 15.5 Å². The van der Waals surface area contributed by atoms with Crippen LogP contribution in [0.3, 0.4) is 0 Å². The zero-order valence-corrected chi connectivity index (χ0v) is 11.9. The molecule has 1 saturated carbocycles. The van der Waals surface area contributed by atoms with Crippen molar-refractivity contribution in [1.29, 1.82) is 0 Å². The molecule has 5 heteroatoms. The number of aliphatic carboxylic acids is 1. The topological polar surface area (TPSA) is 86.6 Å². The monoisotopic (exact) mass is 291 g/mol. The van der Waals surface area contributed by atoms with Crippen molar-refractivity contribution in [2.24, 2.45) is 5.92 Å². The Labute approximate surface area is 124 Å². The van der Waals surface area contributed by atoms with Gasteiger partial charge in [-0.2, -0.15) is 0 Å². The number of benzene rings is 1. The Balaban J connectivity index is 1.96. The number of carboxylic acid groups (broad SMARTS) is 1. The number of hydrogen-bond acceptors (Lipinski definition) is 3. The molecule has 0 aliphatic heterocycles. The van der Waals surface area contributed by atoms with E-state index in [4.69, 9.17) is 0 Å². The summed E-state index contributed by atoms with van der Waals surface area (Å²) in [7, 11) is 0. The summed E-state index contributed by atoms with van der Waals surface area (Å²) in [6, 6.07) is 5.42. The highest BCUT2D eigenvalue weighted by atomic mass is 16.4. The second-order valence-corrected chi connectivity index (χ2v) is 5.60. The molecule has 0 radical (unpaired) electrons. The van der Waals surface area contributed by atoms with Crippen molar-refractivity contribution >= 4 is 11.9 Å².